The normalized spacial score (nSPS) is 17.0. The number of carboxylic acid groups (broad SMARTS) is 1. The van der Waals surface area contributed by atoms with Gasteiger partial charge in [0.05, 0.1) is 0 Å². The van der Waals surface area contributed by atoms with Crippen LogP contribution in [0.15, 0.2) is 30.3 Å². The Balaban J connectivity index is 1.86. The molecule has 3 N–H and O–H groups in total. The Morgan fingerprint density at radius 3 is 2.52 bits per heavy atom. The second-order valence-electron chi connectivity index (χ2n) is 5.08. The summed E-state index contributed by atoms with van der Waals surface area (Å²) in [6.07, 6.45) is 1.77. The summed E-state index contributed by atoms with van der Waals surface area (Å²) in [5, 5.41) is 14.5. The van der Waals surface area contributed by atoms with E-state index in [1.54, 1.807) is 0 Å². The molecule has 1 aromatic rings. The van der Waals surface area contributed by atoms with Crippen molar-refractivity contribution in [1.29, 1.82) is 0 Å². The fourth-order valence-corrected chi connectivity index (χ4v) is 2.28. The summed E-state index contributed by atoms with van der Waals surface area (Å²) in [5.74, 6) is -1.04. The van der Waals surface area contributed by atoms with Crippen molar-refractivity contribution < 1.29 is 19.4 Å². The van der Waals surface area contributed by atoms with Gasteiger partial charge in [-0.2, -0.15) is 0 Å². The first kappa shape index (κ1) is 15.3. The van der Waals surface area contributed by atoms with Crippen molar-refractivity contribution in [2.75, 3.05) is 13.2 Å². The van der Waals surface area contributed by atoms with Gasteiger partial charge in [-0.3, -0.25) is 0 Å². The first-order valence-electron chi connectivity index (χ1n) is 7.06. The molecule has 1 atom stereocenters. The minimum atomic E-state index is -1.04. The number of carbonyl (C=O) groups excluding carboxylic acids is 1. The SMILES string of the molecule is O=C(NC1CCOCC1)NC(Cc1ccccc1)C(=O)O. The lowest BCUT2D eigenvalue weighted by molar-refractivity contribution is -0.139. The van der Waals surface area contributed by atoms with Crippen LogP contribution in [-0.4, -0.2) is 42.4 Å². The maximum atomic E-state index is 11.9. The molecule has 0 bridgehead atoms. The first-order valence-corrected chi connectivity index (χ1v) is 7.06. The van der Waals surface area contributed by atoms with Crippen LogP contribution in [0.25, 0.3) is 0 Å². The molecule has 1 unspecified atom stereocenters. The summed E-state index contributed by atoms with van der Waals surface area (Å²) in [6, 6.07) is 7.90. The molecule has 0 radical (unpaired) electrons. The average molecular weight is 292 g/mol. The van der Waals surface area contributed by atoms with E-state index in [2.05, 4.69) is 10.6 Å². The highest BCUT2D eigenvalue weighted by Crippen LogP contribution is 2.07. The van der Waals surface area contributed by atoms with Crippen LogP contribution in [0.4, 0.5) is 4.79 Å². The quantitative estimate of drug-likeness (QED) is 0.760. The van der Waals surface area contributed by atoms with Crippen LogP contribution in [0.2, 0.25) is 0 Å². The average Bonchev–Trinajstić information content (AvgIpc) is 2.48. The third-order valence-electron chi connectivity index (χ3n) is 3.44. The molecule has 1 aliphatic heterocycles. The van der Waals surface area contributed by atoms with E-state index in [0.29, 0.717) is 13.2 Å². The zero-order chi connectivity index (χ0) is 15.1. The molecule has 114 valence electrons. The second-order valence-corrected chi connectivity index (χ2v) is 5.08. The summed E-state index contributed by atoms with van der Waals surface area (Å²) in [6.45, 7) is 1.24. The summed E-state index contributed by atoms with van der Waals surface area (Å²) in [4.78, 5) is 23.2. The summed E-state index contributed by atoms with van der Waals surface area (Å²) < 4.78 is 5.21. The van der Waals surface area contributed by atoms with Crippen LogP contribution in [0.3, 0.4) is 0 Å². The minimum Gasteiger partial charge on any atom is -0.480 e. The predicted molar refractivity (Wildman–Crippen MR) is 77.1 cm³/mol. The number of amides is 2. The Bertz CT molecular complexity index is 472. The van der Waals surface area contributed by atoms with Gasteiger partial charge in [0.1, 0.15) is 6.04 Å². The highest BCUT2D eigenvalue weighted by Gasteiger charge is 2.22. The van der Waals surface area contributed by atoms with Gasteiger partial charge in [-0.05, 0) is 18.4 Å². The lowest BCUT2D eigenvalue weighted by Crippen LogP contribution is -2.50. The molecule has 2 amide bonds. The van der Waals surface area contributed by atoms with Crippen LogP contribution < -0.4 is 10.6 Å². The smallest absolute Gasteiger partial charge is 0.326 e. The van der Waals surface area contributed by atoms with Crippen LogP contribution in [0.1, 0.15) is 18.4 Å². The standard InChI is InChI=1S/C15H20N2O4/c18-14(19)13(10-11-4-2-1-3-5-11)17-15(20)16-12-6-8-21-9-7-12/h1-5,12-13H,6-10H2,(H,18,19)(H2,16,17,20). The minimum absolute atomic E-state index is 0.0462. The van der Waals surface area contributed by atoms with Gasteiger partial charge in [-0.1, -0.05) is 30.3 Å². The van der Waals surface area contributed by atoms with Crippen molar-refractivity contribution in [3.63, 3.8) is 0 Å². The van der Waals surface area contributed by atoms with E-state index >= 15 is 0 Å². The number of hydrogen-bond donors (Lipinski definition) is 3. The van der Waals surface area contributed by atoms with Crippen molar-refractivity contribution in [2.24, 2.45) is 0 Å². The molecule has 0 aliphatic carbocycles. The monoisotopic (exact) mass is 292 g/mol. The summed E-state index contributed by atoms with van der Waals surface area (Å²) in [7, 11) is 0. The topological polar surface area (TPSA) is 87.7 Å². The van der Waals surface area contributed by atoms with Gasteiger partial charge in [0, 0.05) is 25.7 Å². The largest absolute Gasteiger partial charge is 0.480 e. The highest BCUT2D eigenvalue weighted by atomic mass is 16.5. The number of carboxylic acids is 1. The molecule has 1 heterocycles. The molecule has 1 fully saturated rings. The van der Waals surface area contributed by atoms with E-state index < -0.39 is 18.0 Å². The lowest BCUT2D eigenvalue weighted by atomic mass is 10.1. The first-order chi connectivity index (χ1) is 10.1. The molecule has 1 aliphatic rings. The summed E-state index contributed by atoms with van der Waals surface area (Å²) >= 11 is 0. The molecule has 6 nitrogen and oxygen atoms in total. The van der Waals surface area contributed by atoms with E-state index in [0.717, 1.165) is 18.4 Å². The van der Waals surface area contributed by atoms with Crippen molar-refractivity contribution in [1.82, 2.24) is 10.6 Å². The van der Waals surface area contributed by atoms with Crippen molar-refractivity contribution in [3.05, 3.63) is 35.9 Å². The fraction of sp³-hybridized carbons (Fsp3) is 0.467. The van der Waals surface area contributed by atoms with Gasteiger partial charge >= 0.3 is 12.0 Å². The number of aliphatic carboxylic acids is 1. The lowest BCUT2D eigenvalue weighted by Gasteiger charge is -2.24. The number of benzene rings is 1. The Hall–Kier alpha value is -2.08. The molecular weight excluding hydrogens is 272 g/mol. The fourth-order valence-electron chi connectivity index (χ4n) is 2.28. The third-order valence-corrected chi connectivity index (χ3v) is 3.44. The van der Waals surface area contributed by atoms with Gasteiger partial charge in [0.15, 0.2) is 0 Å². The zero-order valence-corrected chi connectivity index (χ0v) is 11.7. The maximum absolute atomic E-state index is 11.9. The molecule has 0 aromatic heterocycles. The molecule has 2 rings (SSSR count). The van der Waals surface area contributed by atoms with Crippen LogP contribution in [0, 0.1) is 0 Å². The van der Waals surface area contributed by atoms with E-state index in [9.17, 15) is 14.7 Å². The highest BCUT2D eigenvalue weighted by molar-refractivity contribution is 5.82. The Labute approximate surface area is 123 Å². The second kappa shape index (κ2) is 7.64. The van der Waals surface area contributed by atoms with Gasteiger partial charge in [-0.15, -0.1) is 0 Å². The Morgan fingerprint density at radius 1 is 1.24 bits per heavy atom. The van der Waals surface area contributed by atoms with Crippen LogP contribution in [-0.2, 0) is 16.0 Å². The number of carbonyl (C=O) groups is 2. The molecule has 6 heteroatoms. The Kier molecular flexibility index (Phi) is 5.57. The number of rotatable bonds is 5. The molecular formula is C15H20N2O4. The molecule has 1 aromatic carbocycles. The molecule has 0 saturated carbocycles. The number of ether oxygens (including phenoxy) is 1. The maximum Gasteiger partial charge on any atom is 0.326 e. The third kappa shape index (κ3) is 5.07. The van der Waals surface area contributed by atoms with Gasteiger partial charge < -0.3 is 20.5 Å². The van der Waals surface area contributed by atoms with Crippen molar-refractivity contribution in [3.8, 4) is 0 Å². The van der Waals surface area contributed by atoms with Crippen LogP contribution >= 0.6 is 0 Å². The van der Waals surface area contributed by atoms with Crippen molar-refractivity contribution in [2.45, 2.75) is 31.3 Å². The van der Waals surface area contributed by atoms with E-state index in [1.807, 2.05) is 30.3 Å². The number of hydrogen-bond acceptors (Lipinski definition) is 3. The van der Waals surface area contributed by atoms with E-state index in [4.69, 9.17) is 4.74 Å². The molecule has 0 spiro atoms. The predicted octanol–water partition coefficient (Wildman–Crippen LogP) is 1.16. The van der Waals surface area contributed by atoms with E-state index in [1.165, 1.54) is 0 Å². The van der Waals surface area contributed by atoms with E-state index in [-0.39, 0.29) is 12.5 Å². The van der Waals surface area contributed by atoms with Gasteiger partial charge in [0.2, 0.25) is 0 Å². The van der Waals surface area contributed by atoms with Crippen LogP contribution in [0.5, 0.6) is 0 Å². The molecule has 1 saturated heterocycles. The zero-order valence-electron chi connectivity index (χ0n) is 11.7. The Morgan fingerprint density at radius 2 is 1.90 bits per heavy atom. The van der Waals surface area contributed by atoms with Gasteiger partial charge in [0.25, 0.3) is 0 Å². The number of urea groups is 1. The van der Waals surface area contributed by atoms with Gasteiger partial charge in [-0.25, -0.2) is 9.59 Å². The van der Waals surface area contributed by atoms with Crippen molar-refractivity contribution >= 4 is 12.0 Å². The molecule has 21 heavy (non-hydrogen) atoms. The number of nitrogens with one attached hydrogen (secondary N) is 2. The summed E-state index contributed by atoms with van der Waals surface area (Å²) in [5.41, 5.74) is 0.872.